The minimum Gasteiger partial charge on any atom is -0.507 e. The summed E-state index contributed by atoms with van der Waals surface area (Å²) in [6.45, 7) is -0.368. The number of nitrogens with one attached hydrogen (secondary N) is 1. The van der Waals surface area contributed by atoms with E-state index in [0.717, 1.165) is 23.9 Å². The average Bonchev–Trinajstić information content (AvgIpc) is 3.41. The van der Waals surface area contributed by atoms with E-state index in [9.17, 15) is 15.2 Å². The second-order valence-corrected chi connectivity index (χ2v) is 6.56. The van der Waals surface area contributed by atoms with Crippen molar-refractivity contribution in [1.29, 1.82) is 5.26 Å². The quantitative estimate of drug-likeness (QED) is 0.412. The van der Waals surface area contributed by atoms with Crippen molar-refractivity contribution in [3.63, 3.8) is 0 Å². The summed E-state index contributed by atoms with van der Waals surface area (Å²) in [7, 11) is 0. The van der Waals surface area contributed by atoms with Crippen LogP contribution >= 0.6 is 0 Å². The van der Waals surface area contributed by atoms with Crippen molar-refractivity contribution in [3.8, 4) is 6.07 Å². The molecule has 0 bridgehead atoms. The van der Waals surface area contributed by atoms with Gasteiger partial charge in [-0.15, -0.1) is 0 Å². The summed E-state index contributed by atoms with van der Waals surface area (Å²) in [5, 5.41) is 19.7. The Labute approximate surface area is 155 Å². The molecular formula is C21H17N3O3. The van der Waals surface area contributed by atoms with Gasteiger partial charge in [0.1, 0.15) is 18.2 Å². The number of aliphatic hydroxyl groups is 1. The molecule has 1 saturated carbocycles. The number of carbonyl (C=O) groups is 1. The lowest BCUT2D eigenvalue weighted by molar-refractivity contribution is -0.146. The molecule has 134 valence electrons. The highest BCUT2D eigenvalue weighted by atomic mass is 16.5. The first-order valence-electron chi connectivity index (χ1n) is 8.64. The fraction of sp³-hybridized carbons (Fsp3) is 0.190. The van der Waals surface area contributed by atoms with Gasteiger partial charge in [-0.2, -0.15) is 5.26 Å². The molecule has 0 saturated heterocycles. The van der Waals surface area contributed by atoms with E-state index >= 15 is 0 Å². The molecule has 6 heteroatoms. The van der Waals surface area contributed by atoms with Crippen LogP contribution in [0.5, 0.6) is 0 Å². The molecule has 0 aliphatic heterocycles. The third-order valence-corrected chi connectivity index (χ3v) is 4.83. The maximum absolute atomic E-state index is 12.6. The summed E-state index contributed by atoms with van der Waals surface area (Å²) in [5.74, 6) is -0.465. The number of aromatic amines is 1. The fourth-order valence-corrected chi connectivity index (χ4v) is 3.16. The van der Waals surface area contributed by atoms with Crippen LogP contribution in [-0.2, 0) is 14.9 Å². The predicted molar refractivity (Wildman–Crippen MR) is 99.6 cm³/mol. The van der Waals surface area contributed by atoms with Crippen molar-refractivity contribution in [2.45, 2.75) is 18.3 Å². The number of ether oxygens (including phenoxy) is 1. The van der Waals surface area contributed by atoms with Gasteiger partial charge in [-0.3, -0.25) is 4.79 Å². The monoisotopic (exact) mass is 359 g/mol. The molecule has 0 atom stereocenters. The molecule has 3 aromatic rings. The normalized spacial score (nSPS) is 15.7. The maximum atomic E-state index is 12.6. The minimum absolute atomic E-state index is 0.0384. The summed E-state index contributed by atoms with van der Waals surface area (Å²) >= 11 is 0. The smallest absolute Gasteiger partial charge is 0.317 e. The van der Waals surface area contributed by atoms with Gasteiger partial charge >= 0.3 is 5.97 Å². The number of allylic oxidation sites excluding steroid dienone is 1. The third kappa shape index (κ3) is 3.04. The summed E-state index contributed by atoms with van der Waals surface area (Å²) < 4.78 is 5.32. The Hall–Kier alpha value is -3.59. The first-order chi connectivity index (χ1) is 13.1. The van der Waals surface area contributed by atoms with Crippen molar-refractivity contribution in [2.75, 3.05) is 6.61 Å². The van der Waals surface area contributed by atoms with Gasteiger partial charge < -0.3 is 14.8 Å². The fourth-order valence-electron chi connectivity index (χ4n) is 3.16. The zero-order valence-corrected chi connectivity index (χ0v) is 14.5. The highest BCUT2D eigenvalue weighted by molar-refractivity contribution is 5.87. The van der Waals surface area contributed by atoms with Crippen LogP contribution in [0.25, 0.3) is 16.6 Å². The van der Waals surface area contributed by atoms with Gasteiger partial charge in [-0.25, -0.2) is 4.98 Å². The van der Waals surface area contributed by atoms with E-state index in [4.69, 9.17) is 4.74 Å². The molecule has 6 nitrogen and oxygen atoms in total. The molecule has 27 heavy (non-hydrogen) atoms. The molecule has 4 rings (SSSR count). The second kappa shape index (κ2) is 6.61. The van der Waals surface area contributed by atoms with E-state index in [1.807, 2.05) is 54.6 Å². The number of imidazole rings is 1. The molecule has 1 aromatic heterocycles. The number of aromatic nitrogens is 2. The zero-order valence-electron chi connectivity index (χ0n) is 14.5. The number of benzene rings is 2. The van der Waals surface area contributed by atoms with Crippen LogP contribution in [0.2, 0.25) is 0 Å². The van der Waals surface area contributed by atoms with Gasteiger partial charge in [0.2, 0.25) is 0 Å². The molecule has 1 heterocycles. The molecule has 0 radical (unpaired) electrons. The average molecular weight is 359 g/mol. The van der Waals surface area contributed by atoms with Crippen molar-refractivity contribution in [3.05, 3.63) is 71.7 Å². The van der Waals surface area contributed by atoms with E-state index in [-0.39, 0.29) is 29.7 Å². The Bertz CT molecular complexity index is 1040. The van der Waals surface area contributed by atoms with Crippen LogP contribution in [0, 0.1) is 11.3 Å². The van der Waals surface area contributed by atoms with Crippen LogP contribution < -0.4 is 0 Å². The topological polar surface area (TPSA) is 99.0 Å². The molecular weight excluding hydrogens is 342 g/mol. The number of para-hydroxylation sites is 2. The molecule has 1 aliphatic rings. The summed E-state index contributed by atoms with van der Waals surface area (Å²) in [4.78, 5) is 19.9. The predicted octanol–water partition coefficient (Wildman–Crippen LogP) is 3.63. The number of esters is 1. The highest BCUT2D eigenvalue weighted by Gasteiger charge is 2.52. The molecule has 1 fully saturated rings. The SMILES string of the molecule is N#C/C(=C(/O)COC(=O)C1(c2ccccc2)CC1)c1nc2ccccc2[nH]1. The van der Waals surface area contributed by atoms with E-state index in [2.05, 4.69) is 9.97 Å². The van der Waals surface area contributed by atoms with Crippen LogP contribution in [-0.4, -0.2) is 27.7 Å². The second-order valence-electron chi connectivity index (χ2n) is 6.56. The number of carbonyl (C=O) groups excluding carboxylic acids is 1. The van der Waals surface area contributed by atoms with E-state index in [1.54, 1.807) is 6.07 Å². The molecule has 0 spiro atoms. The third-order valence-electron chi connectivity index (χ3n) is 4.83. The Balaban J connectivity index is 1.53. The molecule has 0 unspecified atom stereocenters. The van der Waals surface area contributed by atoms with Crippen molar-refractivity contribution in [2.24, 2.45) is 0 Å². The molecule has 0 amide bonds. The molecule has 1 aliphatic carbocycles. The molecule has 2 N–H and O–H groups in total. The summed E-state index contributed by atoms with van der Waals surface area (Å²) in [6.07, 6.45) is 1.43. The standard InChI is InChI=1S/C21H17N3O3/c22-12-15(19-23-16-8-4-5-9-17(16)24-19)18(25)13-27-20(26)21(10-11-21)14-6-2-1-3-7-14/h1-9,25H,10-11,13H2,(H,23,24)/b18-15-. The van der Waals surface area contributed by atoms with E-state index in [1.165, 1.54) is 0 Å². The van der Waals surface area contributed by atoms with Gasteiger partial charge in [-0.1, -0.05) is 42.5 Å². The first-order valence-corrected chi connectivity index (χ1v) is 8.64. The number of nitrogens with zero attached hydrogens (tertiary/aromatic N) is 2. The van der Waals surface area contributed by atoms with E-state index < -0.39 is 5.41 Å². The first kappa shape index (κ1) is 16.9. The highest BCUT2D eigenvalue weighted by Crippen LogP contribution is 2.49. The number of H-pyrrole nitrogens is 1. The van der Waals surface area contributed by atoms with Crippen molar-refractivity contribution < 1.29 is 14.6 Å². The lowest BCUT2D eigenvalue weighted by Gasteiger charge is -2.14. The van der Waals surface area contributed by atoms with Gasteiger partial charge in [0.25, 0.3) is 0 Å². The van der Waals surface area contributed by atoms with Gasteiger partial charge in [0.05, 0.1) is 16.4 Å². The zero-order chi connectivity index (χ0) is 18.9. The number of rotatable bonds is 5. The summed E-state index contributed by atoms with van der Waals surface area (Å²) in [6, 6.07) is 18.7. The van der Waals surface area contributed by atoms with Crippen LogP contribution in [0.1, 0.15) is 24.2 Å². The maximum Gasteiger partial charge on any atom is 0.317 e. The van der Waals surface area contributed by atoms with Crippen LogP contribution in [0.15, 0.2) is 60.4 Å². The largest absolute Gasteiger partial charge is 0.507 e. The number of nitriles is 1. The van der Waals surface area contributed by atoms with Crippen molar-refractivity contribution >= 4 is 22.6 Å². The van der Waals surface area contributed by atoms with Gasteiger partial charge in [0, 0.05) is 0 Å². The minimum atomic E-state index is -0.631. The van der Waals surface area contributed by atoms with Crippen LogP contribution in [0.3, 0.4) is 0 Å². The summed E-state index contributed by atoms with van der Waals surface area (Å²) in [5.41, 5.74) is 1.69. The lowest BCUT2D eigenvalue weighted by atomic mass is 9.96. The van der Waals surface area contributed by atoms with Gasteiger partial charge in [-0.05, 0) is 30.5 Å². The number of hydrogen-bond donors (Lipinski definition) is 2. The number of hydrogen-bond acceptors (Lipinski definition) is 5. The lowest BCUT2D eigenvalue weighted by Crippen LogP contribution is -2.24. The van der Waals surface area contributed by atoms with Gasteiger partial charge in [0.15, 0.2) is 11.6 Å². The van der Waals surface area contributed by atoms with Crippen molar-refractivity contribution in [1.82, 2.24) is 9.97 Å². The Kier molecular flexibility index (Phi) is 4.13. The number of fused-ring (bicyclic) bond motifs is 1. The van der Waals surface area contributed by atoms with E-state index in [0.29, 0.717) is 5.52 Å². The Morgan fingerprint density at radius 1 is 1.19 bits per heavy atom. The Morgan fingerprint density at radius 3 is 2.56 bits per heavy atom. The Morgan fingerprint density at radius 2 is 1.89 bits per heavy atom. The molecule has 2 aromatic carbocycles. The number of aliphatic hydroxyl groups excluding tert-OH is 1. The van der Waals surface area contributed by atoms with Crippen LogP contribution in [0.4, 0.5) is 0 Å².